The quantitative estimate of drug-likeness (QED) is 0.529. The molecular weight excluding hydrogens is 140 g/mol. The van der Waals surface area contributed by atoms with Crippen LogP contribution in [-0.2, 0) is 9.53 Å². The highest BCUT2D eigenvalue weighted by molar-refractivity contribution is 5.95. The normalized spacial score (nSPS) is 24.5. The number of hydrogen-bond donors (Lipinski definition) is 0. The molecule has 2 rings (SSSR count). The molecule has 11 heavy (non-hydrogen) atoms. The lowest BCUT2D eigenvalue weighted by atomic mass is 9.92. The topological polar surface area (TPSA) is 26.3 Å². The first kappa shape index (κ1) is 6.89. The third-order valence-electron chi connectivity index (χ3n) is 2.33. The Hall–Kier alpha value is -0.790. The van der Waals surface area contributed by atoms with Crippen LogP contribution in [0.4, 0.5) is 0 Å². The maximum atomic E-state index is 11.2. The van der Waals surface area contributed by atoms with Gasteiger partial charge in [0.25, 0.3) is 0 Å². The molecule has 0 saturated heterocycles. The number of carbonyl (C=O) groups is 1. The van der Waals surface area contributed by atoms with E-state index in [0.29, 0.717) is 12.2 Å². The number of carbonyl (C=O) groups excluding carboxylic acids is 1. The zero-order valence-electron chi connectivity index (χ0n) is 6.56. The van der Waals surface area contributed by atoms with Crippen molar-refractivity contribution in [2.45, 2.75) is 32.1 Å². The fraction of sp³-hybridized carbons (Fsp3) is 0.667. The lowest BCUT2D eigenvalue weighted by Crippen LogP contribution is -2.18. The van der Waals surface area contributed by atoms with Crippen LogP contribution < -0.4 is 0 Å². The van der Waals surface area contributed by atoms with Crippen LogP contribution >= 0.6 is 0 Å². The molecule has 60 valence electrons. The van der Waals surface area contributed by atoms with E-state index in [-0.39, 0.29) is 5.78 Å². The standard InChI is InChI=1S/C9H12O2/c10-8-5-1-3-7-4-2-6-11-9(7)8/h1-6H2. The third-order valence-corrected chi connectivity index (χ3v) is 2.33. The second kappa shape index (κ2) is 2.68. The lowest BCUT2D eigenvalue weighted by Gasteiger charge is -2.23. The summed E-state index contributed by atoms with van der Waals surface area (Å²) in [5.74, 6) is 0.938. The Kier molecular flexibility index (Phi) is 1.68. The second-order valence-corrected chi connectivity index (χ2v) is 3.16. The van der Waals surface area contributed by atoms with Crippen LogP contribution in [0.5, 0.6) is 0 Å². The Balaban J connectivity index is 2.27. The third kappa shape index (κ3) is 1.17. The molecule has 0 aromatic rings. The first-order valence-electron chi connectivity index (χ1n) is 4.26. The van der Waals surface area contributed by atoms with E-state index in [1.54, 1.807) is 0 Å². The Morgan fingerprint density at radius 3 is 2.73 bits per heavy atom. The molecule has 0 radical (unpaired) electrons. The average Bonchev–Trinajstić information content (AvgIpc) is 2.06. The summed E-state index contributed by atoms with van der Waals surface area (Å²) in [5.41, 5.74) is 1.27. The van der Waals surface area contributed by atoms with Crippen LogP contribution in [0.2, 0.25) is 0 Å². The summed E-state index contributed by atoms with van der Waals surface area (Å²) in [6, 6.07) is 0. The van der Waals surface area contributed by atoms with Gasteiger partial charge in [0.1, 0.15) is 0 Å². The Labute approximate surface area is 66.2 Å². The summed E-state index contributed by atoms with van der Waals surface area (Å²) in [6.45, 7) is 0.741. The molecule has 0 amide bonds. The molecule has 0 fully saturated rings. The van der Waals surface area contributed by atoms with Gasteiger partial charge in [-0.3, -0.25) is 4.79 Å². The van der Waals surface area contributed by atoms with E-state index in [2.05, 4.69) is 0 Å². The van der Waals surface area contributed by atoms with E-state index >= 15 is 0 Å². The van der Waals surface area contributed by atoms with Gasteiger partial charge in [-0.05, 0) is 31.3 Å². The van der Waals surface area contributed by atoms with E-state index in [4.69, 9.17) is 4.74 Å². The summed E-state index contributed by atoms with van der Waals surface area (Å²) in [5, 5.41) is 0. The van der Waals surface area contributed by atoms with Gasteiger partial charge in [0, 0.05) is 6.42 Å². The van der Waals surface area contributed by atoms with Gasteiger partial charge in [-0.2, -0.15) is 0 Å². The molecule has 0 aromatic carbocycles. The molecule has 0 atom stereocenters. The van der Waals surface area contributed by atoms with Crippen LogP contribution in [0.15, 0.2) is 11.3 Å². The molecule has 1 heterocycles. The van der Waals surface area contributed by atoms with Crippen molar-refractivity contribution in [3.63, 3.8) is 0 Å². The largest absolute Gasteiger partial charge is 0.490 e. The number of allylic oxidation sites excluding steroid dienone is 2. The van der Waals surface area contributed by atoms with Crippen molar-refractivity contribution in [3.05, 3.63) is 11.3 Å². The van der Waals surface area contributed by atoms with Gasteiger partial charge >= 0.3 is 0 Å². The van der Waals surface area contributed by atoms with Crippen LogP contribution in [0.25, 0.3) is 0 Å². The monoisotopic (exact) mass is 152 g/mol. The summed E-state index contributed by atoms with van der Waals surface area (Å²) < 4.78 is 5.32. The SMILES string of the molecule is O=C1CCCC2=C1OCCC2. The summed E-state index contributed by atoms with van der Waals surface area (Å²) in [6.07, 6.45) is 4.98. The minimum Gasteiger partial charge on any atom is -0.490 e. The van der Waals surface area contributed by atoms with Gasteiger partial charge in [-0.1, -0.05) is 0 Å². The van der Waals surface area contributed by atoms with Crippen LogP contribution in [0.1, 0.15) is 32.1 Å². The molecule has 0 N–H and O–H groups in total. The van der Waals surface area contributed by atoms with Crippen LogP contribution in [-0.4, -0.2) is 12.4 Å². The minimum atomic E-state index is 0.228. The van der Waals surface area contributed by atoms with Gasteiger partial charge in [0.15, 0.2) is 11.5 Å². The van der Waals surface area contributed by atoms with Gasteiger partial charge in [-0.25, -0.2) is 0 Å². The second-order valence-electron chi connectivity index (χ2n) is 3.16. The molecule has 0 unspecified atom stereocenters. The van der Waals surface area contributed by atoms with Crippen molar-refractivity contribution in [1.82, 2.24) is 0 Å². The molecule has 1 aliphatic carbocycles. The van der Waals surface area contributed by atoms with Crippen molar-refractivity contribution in [2.75, 3.05) is 6.61 Å². The maximum absolute atomic E-state index is 11.2. The van der Waals surface area contributed by atoms with E-state index in [0.717, 1.165) is 32.3 Å². The Morgan fingerprint density at radius 1 is 1.09 bits per heavy atom. The lowest BCUT2D eigenvalue weighted by molar-refractivity contribution is -0.120. The maximum Gasteiger partial charge on any atom is 0.197 e. The number of hydrogen-bond acceptors (Lipinski definition) is 2. The first-order valence-corrected chi connectivity index (χ1v) is 4.26. The van der Waals surface area contributed by atoms with E-state index in [9.17, 15) is 4.79 Å². The van der Waals surface area contributed by atoms with Gasteiger partial charge in [0.2, 0.25) is 0 Å². The van der Waals surface area contributed by atoms with Crippen molar-refractivity contribution in [1.29, 1.82) is 0 Å². The number of ketones is 1. The van der Waals surface area contributed by atoms with Gasteiger partial charge < -0.3 is 4.74 Å². The fourth-order valence-corrected chi connectivity index (χ4v) is 1.77. The molecule has 0 bridgehead atoms. The fourth-order valence-electron chi connectivity index (χ4n) is 1.77. The van der Waals surface area contributed by atoms with Crippen molar-refractivity contribution >= 4 is 5.78 Å². The smallest absolute Gasteiger partial charge is 0.197 e. The molecule has 0 saturated carbocycles. The zero-order valence-corrected chi connectivity index (χ0v) is 6.56. The highest BCUT2D eigenvalue weighted by Crippen LogP contribution is 2.29. The van der Waals surface area contributed by atoms with Crippen molar-refractivity contribution < 1.29 is 9.53 Å². The number of ether oxygens (including phenoxy) is 1. The van der Waals surface area contributed by atoms with Crippen LogP contribution in [0, 0.1) is 0 Å². The van der Waals surface area contributed by atoms with Gasteiger partial charge in [-0.15, -0.1) is 0 Å². The molecule has 0 aromatic heterocycles. The molecule has 0 spiro atoms. The van der Waals surface area contributed by atoms with E-state index < -0.39 is 0 Å². The van der Waals surface area contributed by atoms with Crippen molar-refractivity contribution in [3.8, 4) is 0 Å². The Morgan fingerprint density at radius 2 is 1.91 bits per heavy atom. The summed E-state index contributed by atoms with van der Waals surface area (Å²) >= 11 is 0. The molecule has 2 aliphatic rings. The van der Waals surface area contributed by atoms with Gasteiger partial charge in [0.05, 0.1) is 6.61 Å². The van der Waals surface area contributed by atoms with Crippen molar-refractivity contribution in [2.24, 2.45) is 0 Å². The number of Topliss-reactive ketones (excluding diaryl/α,β-unsaturated/α-hetero) is 1. The van der Waals surface area contributed by atoms with Crippen LogP contribution in [0.3, 0.4) is 0 Å². The van der Waals surface area contributed by atoms with E-state index in [1.807, 2.05) is 0 Å². The Bertz CT molecular complexity index is 212. The molecule has 2 heteroatoms. The summed E-state index contributed by atoms with van der Waals surface area (Å²) in [7, 11) is 0. The first-order chi connectivity index (χ1) is 5.38. The predicted molar refractivity (Wildman–Crippen MR) is 41.1 cm³/mol. The predicted octanol–water partition coefficient (Wildman–Crippen LogP) is 1.80. The molecule has 1 aliphatic heterocycles. The zero-order chi connectivity index (χ0) is 7.68. The highest BCUT2D eigenvalue weighted by atomic mass is 16.5. The number of rotatable bonds is 0. The highest BCUT2D eigenvalue weighted by Gasteiger charge is 2.23. The minimum absolute atomic E-state index is 0.228. The molecular formula is C9H12O2. The summed E-state index contributed by atoms with van der Waals surface area (Å²) in [4.78, 5) is 11.2. The van der Waals surface area contributed by atoms with E-state index in [1.165, 1.54) is 5.57 Å². The molecule has 2 nitrogen and oxygen atoms in total. The average molecular weight is 152 g/mol.